The fourth-order valence-electron chi connectivity index (χ4n) is 4.02. The molecule has 3 heterocycles. The average molecular weight is 449 g/mol. The number of aromatic nitrogens is 3. The lowest BCUT2D eigenvalue weighted by Crippen LogP contribution is -2.27. The fourth-order valence-corrected chi connectivity index (χ4v) is 4.02. The Morgan fingerprint density at radius 3 is 2.73 bits per heavy atom. The van der Waals surface area contributed by atoms with Crippen molar-refractivity contribution in [2.24, 2.45) is 5.92 Å². The van der Waals surface area contributed by atoms with Gasteiger partial charge in [-0.25, -0.2) is 15.0 Å². The lowest BCUT2D eigenvalue weighted by atomic mass is 9.92. The number of pyridine rings is 1. The van der Waals surface area contributed by atoms with E-state index in [2.05, 4.69) is 59.8 Å². The largest absolute Gasteiger partial charge is 0.489 e. The maximum atomic E-state index is 6.08. The van der Waals surface area contributed by atoms with Gasteiger partial charge in [-0.1, -0.05) is 13.8 Å². The van der Waals surface area contributed by atoms with Crippen LogP contribution in [-0.4, -0.2) is 40.1 Å². The number of benzene rings is 1. The Bertz CT molecular complexity index is 1150. The first kappa shape index (κ1) is 22.8. The maximum Gasteiger partial charge on any atom is 0.258 e. The average Bonchev–Trinajstić information content (AvgIpc) is 2.77. The van der Waals surface area contributed by atoms with Gasteiger partial charge >= 0.3 is 0 Å². The zero-order valence-electron chi connectivity index (χ0n) is 19.8. The van der Waals surface area contributed by atoms with Crippen LogP contribution in [0.15, 0.2) is 30.6 Å². The van der Waals surface area contributed by atoms with Crippen molar-refractivity contribution in [1.29, 1.82) is 0 Å². The first-order valence-electron chi connectivity index (χ1n) is 11.2. The van der Waals surface area contributed by atoms with Gasteiger partial charge < -0.3 is 25.8 Å². The molecule has 0 radical (unpaired) electrons. The topological polar surface area (TPSA) is 112 Å². The van der Waals surface area contributed by atoms with Crippen LogP contribution in [0.4, 0.5) is 11.6 Å². The third-order valence-electron chi connectivity index (χ3n) is 5.75. The number of aryl methyl sites for hydroxylation is 1. The van der Waals surface area contributed by atoms with Crippen LogP contribution in [0.25, 0.3) is 11.3 Å². The molecule has 2 aromatic heterocycles. The molecular weight excluding hydrogens is 416 g/mol. The molecule has 4 N–H and O–H groups in total. The van der Waals surface area contributed by atoms with Crippen LogP contribution in [0, 0.1) is 12.8 Å². The Kier molecular flexibility index (Phi) is 6.65. The van der Waals surface area contributed by atoms with Crippen LogP contribution in [0.1, 0.15) is 36.1 Å². The second-order valence-corrected chi connectivity index (χ2v) is 9.04. The van der Waals surface area contributed by atoms with Crippen LogP contribution in [0.3, 0.4) is 0 Å². The fraction of sp³-hybridized carbons (Fsp3) is 0.400. The van der Waals surface area contributed by atoms with E-state index in [-0.39, 0.29) is 18.3 Å². The lowest BCUT2D eigenvalue weighted by Gasteiger charge is -2.27. The predicted molar refractivity (Wildman–Crippen MR) is 130 cm³/mol. The van der Waals surface area contributed by atoms with E-state index >= 15 is 0 Å². The Balaban J connectivity index is 1.58. The number of rotatable bonds is 7. The van der Waals surface area contributed by atoms with Crippen molar-refractivity contribution < 1.29 is 9.47 Å². The Morgan fingerprint density at radius 1 is 1.12 bits per heavy atom. The van der Waals surface area contributed by atoms with Crippen molar-refractivity contribution in [2.45, 2.75) is 40.3 Å². The van der Waals surface area contributed by atoms with Gasteiger partial charge in [0.2, 0.25) is 0 Å². The number of anilines is 2. The van der Waals surface area contributed by atoms with Crippen molar-refractivity contribution in [3.63, 3.8) is 0 Å². The van der Waals surface area contributed by atoms with Gasteiger partial charge in [-0.2, -0.15) is 0 Å². The van der Waals surface area contributed by atoms with Crippen molar-refractivity contribution in [3.8, 4) is 22.9 Å². The van der Waals surface area contributed by atoms with Gasteiger partial charge in [-0.15, -0.1) is 0 Å². The lowest BCUT2D eigenvalue weighted by molar-refractivity contribution is 0.252. The molecule has 4 rings (SSSR count). The normalized spacial score (nSPS) is 13.7. The molecule has 0 unspecified atom stereocenters. The molecule has 0 saturated carbocycles. The summed E-state index contributed by atoms with van der Waals surface area (Å²) in [7, 11) is 2.14. The zero-order chi connectivity index (χ0) is 23.5. The van der Waals surface area contributed by atoms with E-state index in [1.807, 2.05) is 6.07 Å². The van der Waals surface area contributed by atoms with Gasteiger partial charge in [-0.3, -0.25) is 0 Å². The molecule has 8 heteroatoms. The number of hydrogen-bond acceptors (Lipinski definition) is 8. The summed E-state index contributed by atoms with van der Waals surface area (Å²) in [6.45, 7) is 9.04. The van der Waals surface area contributed by atoms with Crippen LogP contribution < -0.4 is 20.9 Å². The highest BCUT2D eigenvalue weighted by Gasteiger charge is 2.18. The molecule has 0 spiro atoms. The van der Waals surface area contributed by atoms with E-state index in [9.17, 15) is 0 Å². The molecule has 1 aliphatic rings. The van der Waals surface area contributed by atoms with Crippen molar-refractivity contribution in [3.05, 3.63) is 52.8 Å². The summed E-state index contributed by atoms with van der Waals surface area (Å²) in [4.78, 5) is 15.5. The summed E-state index contributed by atoms with van der Waals surface area (Å²) >= 11 is 0. The first-order valence-corrected chi connectivity index (χ1v) is 11.2. The molecule has 0 bridgehead atoms. The van der Waals surface area contributed by atoms with Crippen molar-refractivity contribution in [1.82, 2.24) is 19.9 Å². The third kappa shape index (κ3) is 5.17. The Morgan fingerprint density at radius 2 is 1.94 bits per heavy atom. The van der Waals surface area contributed by atoms with Gasteiger partial charge in [0.05, 0.1) is 18.5 Å². The Labute approximate surface area is 195 Å². The summed E-state index contributed by atoms with van der Waals surface area (Å²) in [5.41, 5.74) is 18.7. The van der Waals surface area contributed by atoms with Crippen LogP contribution >= 0.6 is 0 Å². The molecule has 3 aromatic rings. The van der Waals surface area contributed by atoms with E-state index in [0.29, 0.717) is 24.1 Å². The number of nitrogen functional groups attached to an aromatic ring is 2. The standard InChI is InChI=1S/C25H32N6O2/c1-15(2)13-32-22-17(5-7-28-23(22)26)14-33-25-24(27)29-11-21(30-25)18-9-16(3)20-6-8-31(4)12-19(20)10-18/h5,7,9-11,15H,6,8,12-14H2,1-4H3,(H2,26,28)(H2,27,29). The highest BCUT2D eigenvalue weighted by Crippen LogP contribution is 2.31. The smallest absolute Gasteiger partial charge is 0.258 e. The van der Waals surface area contributed by atoms with E-state index in [1.54, 1.807) is 12.4 Å². The molecule has 0 atom stereocenters. The SMILES string of the molecule is Cc1cc(-c2cnc(N)c(OCc3ccnc(N)c3OCC(C)C)n2)cc2c1CCN(C)C2. The van der Waals surface area contributed by atoms with Gasteiger partial charge in [0.1, 0.15) is 6.61 Å². The second-order valence-electron chi connectivity index (χ2n) is 9.04. The highest BCUT2D eigenvalue weighted by molar-refractivity contribution is 5.64. The molecule has 0 amide bonds. The van der Waals surface area contributed by atoms with Crippen molar-refractivity contribution in [2.75, 3.05) is 31.7 Å². The molecule has 0 fully saturated rings. The molecular formula is C25H32N6O2. The van der Waals surface area contributed by atoms with Crippen LogP contribution in [0.5, 0.6) is 11.6 Å². The van der Waals surface area contributed by atoms with E-state index in [1.165, 1.54) is 16.7 Å². The van der Waals surface area contributed by atoms with E-state index < -0.39 is 0 Å². The number of likely N-dealkylation sites (N-methyl/N-ethyl adjacent to an activating group) is 1. The molecule has 8 nitrogen and oxygen atoms in total. The summed E-state index contributed by atoms with van der Waals surface area (Å²) in [5.74, 6) is 1.74. The minimum atomic E-state index is 0.191. The van der Waals surface area contributed by atoms with Crippen LogP contribution in [-0.2, 0) is 19.6 Å². The zero-order valence-corrected chi connectivity index (χ0v) is 19.8. The quantitative estimate of drug-likeness (QED) is 0.564. The second kappa shape index (κ2) is 9.62. The molecule has 33 heavy (non-hydrogen) atoms. The van der Waals surface area contributed by atoms with E-state index in [4.69, 9.17) is 20.9 Å². The number of nitrogens with zero attached hydrogens (tertiary/aromatic N) is 4. The minimum absolute atomic E-state index is 0.191. The van der Waals surface area contributed by atoms with Gasteiger partial charge in [0.15, 0.2) is 17.4 Å². The number of nitrogens with two attached hydrogens (primary N) is 2. The number of fused-ring (bicyclic) bond motifs is 1. The highest BCUT2D eigenvalue weighted by atomic mass is 16.5. The molecule has 0 aliphatic carbocycles. The minimum Gasteiger partial charge on any atom is -0.489 e. The molecule has 1 aromatic carbocycles. The summed E-state index contributed by atoms with van der Waals surface area (Å²) in [6, 6.07) is 6.18. The molecule has 0 saturated heterocycles. The van der Waals surface area contributed by atoms with Gasteiger partial charge in [0, 0.05) is 30.4 Å². The predicted octanol–water partition coefficient (Wildman–Crippen LogP) is 3.61. The monoisotopic (exact) mass is 448 g/mol. The summed E-state index contributed by atoms with van der Waals surface area (Å²) in [6.07, 6.45) is 4.39. The number of ether oxygens (including phenoxy) is 2. The third-order valence-corrected chi connectivity index (χ3v) is 5.75. The van der Waals surface area contributed by atoms with Crippen molar-refractivity contribution >= 4 is 11.6 Å². The first-order chi connectivity index (χ1) is 15.8. The Hall–Kier alpha value is -3.39. The molecule has 174 valence electrons. The van der Waals surface area contributed by atoms with Crippen LogP contribution in [0.2, 0.25) is 0 Å². The van der Waals surface area contributed by atoms with Gasteiger partial charge in [0.25, 0.3) is 5.88 Å². The van der Waals surface area contributed by atoms with Gasteiger partial charge in [-0.05, 0) is 61.2 Å². The number of hydrogen-bond donors (Lipinski definition) is 2. The maximum absolute atomic E-state index is 6.08. The molecule has 1 aliphatic heterocycles. The van der Waals surface area contributed by atoms with E-state index in [0.717, 1.165) is 36.3 Å². The summed E-state index contributed by atoms with van der Waals surface area (Å²) in [5, 5.41) is 0. The summed E-state index contributed by atoms with van der Waals surface area (Å²) < 4.78 is 11.9.